The smallest absolute Gasteiger partial charge is 0.335 e. The van der Waals surface area contributed by atoms with Crippen molar-refractivity contribution in [3.8, 4) is 0 Å². The lowest BCUT2D eigenvalue weighted by atomic mass is 10.1. The van der Waals surface area contributed by atoms with Crippen molar-refractivity contribution in [2.75, 3.05) is 0 Å². The zero-order chi connectivity index (χ0) is 15.0. The van der Waals surface area contributed by atoms with Crippen molar-refractivity contribution in [2.24, 2.45) is 0 Å². The van der Waals surface area contributed by atoms with Gasteiger partial charge in [0.05, 0.1) is 16.7 Å². The van der Waals surface area contributed by atoms with Crippen LogP contribution in [-0.4, -0.2) is 33.2 Å². The van der Waals surface area contributed by atoms with E-state index in [-0.39, 0.29) is 16.7 Å². The Hall–Kier alpha value is -2.89. The van der Waals surface area contributed by atoms with E-state index >= 15 is 0 Å². The van der Waals surface area contributed by atoms with E-state index in [1.54, 1.807) is 12.2 Å². The van der Waals surface area contributed by atoms with Crippen LogP contribution in [0, 0.1) is 0 Å². The van der Waals surface area contributed by atoms with Gasteiger partial charge in [-0.2, -0.15) is 0 Å². The van der Waals surface area contributed by atoms with Crippen LogP contribution in [-0.2, 0) is 0 Å². The van der Waals surface area contributed by atoms with Crippen LogP contribution in [0.25, 0.3) is 0 Å². The molecule has 0 fully saturated rings. The summed E-state index contributed by atoms with van der Waals surface area (Å²) in [4.78, 5) is 31.7. The maximum atomic E-state index is 10.6. The summed E-state index contributed by atoms with van der Waals surface area (Å²) >= 11 is 0. The zero-order valence-corrected chi connectivity index (χ0v) is 9.87. The predicted octanol–water partition coefficient (Wildman–Crippen LogP) is 2.14. The Bertz CT molecular complexity index is 445. The molecule has 0 aliphatic rings. The van der Waals surface area contributed by atoms with Gasteiger partial charge >= 0.3 is 17.9 Å². The molecule has 0 heterocycles. The lowest BCUT2D eigenvalue weighted by Crippen LogP contribution is -2.07. The molecule has 0 spiro atoms. The van der Waals surface area contributed by atoms with Gasteiger partial charge in [-0.05, 0) is 18.2 Å². The summed E-state index contributed by atoms with van der Waals surface area (Å²) in [6, 6.07) is 2.70. The molecule has 100 valence electrons. The van der Waals surface area contributed by atoms with Crippen molar-refractivity contribution < 1.29 is 29.7 Å². The minimum atomic E-state index is -1.37. The zero-order valence-electron chi connectivity index (χ0n) is 9.87. The second kappa shape index (κ2) is 7.44. The maximum Gasteiger partial charge on any atom is 0.335 e. The Morgan fingerprint density at radius 1 is 0.737 bits per heavy atom. The fourth-order valence-corrected chi connectivity index (χ4v) is 0.998. The van der Waals surface area contributed by atoms with Crippen LogP contribution in [0.4, 0.5) is 0 Å². The molecule has 1 aromatic carbocycles. The third-order valence-corrected chi connectivity index (χ3v) is 1.84. The van der Waals surface area contributed by atoms with Crippen molar-refractivity contribution >= 4 is 17.9 Å². The first-order chi connectivity index (χ1) is 8.83. The van der Waals surface area contributed by atoms with Gasteiger partial charge in [0.1, 0.15) is 0 Å². The second-order valence-electron chi connectivity index (χ2n) is 3.19. The number of hydrogen-bond donors (Lipinski definition) is 3. The summed E-state index contributed by atoms with van der Waals surface area (Å²) in [7, 11) is 0. The monoisotopic (exact) mass is 264 g/mol. The number of carboxylic acid groups (broad SMARTS) is 3. The average molecular weight is 264 g/mol. The fourth-order valence-electron chi connectivity index (χ4n) is 0.998. The van der Waals surface area contributed by atoms with E-state index in [9.17, 15) is 14.4 Å². The van der Waals surface area contributed by atoms with Gasteiger partial charge in [0.15, 0.2) is 0 Å². The Kier molecular flexibility index (Phi) is 6.31. The van der Waals surface area contributed by atoms with E-state index in [4.69, 9.17) is 15.3 Å². The molecule has 1 aromatic rings. The number of carboxylic acids is 3. The first-order valence-electron chi connectivity index (χ1n) is 4.92. The molecule has 0 unspecified atom stereocenters. The lowest BCUT2D eigenvalue weighted by Gasteiger charge is -2.00. The van der Waals surface area contributed by atoms with Crippen molar-refractivity contribution in [1.29, 1.82) is 0 Å². The Morgan fingerprint density at radius 3 is 1.05 bits per heavy atom. The summed E-state index contributed by atoms with van der Waals surface area (Å²) in [6.07, 6.45) is 3.28. The molecule has 0 atom stereocenters. The molecule has 0 aliphatic carbocycles. The minimum absolute atomic E-state index is 0.368. The highest BCUT2D eigenvalue weighted by atomic mass is 16.4. The molecular formula is C13H12O6. The van der Waals surface area contributed by atoms with Gasteiger partial charge < -0.3 is 15.3 Å². The standard InChI is InChI=1S/C9H6O6.C4H6/c10-7(11)4-1-5(8(12)13)3-6(2-4)9(14)15;1-3-4-2/h1-3H,(H,10,11)(H,12,13)(H,14,15);3-4H,1-2H2. The lowest BCUT2D eigenvalue weighted by molar-refractivity contribution is 0.0696. The first kappa shape index (κ1) is 16.1. The number of aromatic carboxylic acids is 3. The molecule has 1 rings (SSSR count). The molecule has 0 radical (unpaired) electrons. The van der Waals surface area contributed by atoms with Crippen LogP contribution in [0.3, 0.4) is 0 Å². The summed E-state index contributed by atoms with van der Waals surface area (Å²) < 4.78 is 0. The van der Waals surface area contributed by atoms with Crippen molar-refractivity contribution in [2.45, 2.75) is 0 Å². The summed E-state index contributed by atoms with van der Waals surface area (Å²) in [5.74, 6) is -4.12. The second-order valence-corrected chi connectivity index (χ2v) is 3.19. The van der Waals surface area contributed by atoms with Crippen molar-refractivity contribution in [3.05, 3.63) is 60.2 Å². The molecule has 0 saturated heterocycles. The number of benzene rings is 1. The van der Waals surface area contributed by atoms with E-state index in [1.165, 1.54) is 0 Å². The highest BCUT2D eigenvalue weighted by molar-refractivity contribution is 5.98. The molecule has 6 nitrogen and oxygen atoms in total. The molecule has 0 aromatic heterocycles. The van der Waals surface area contributed by atoms with Gasteiger partial charge in [0.2, 0.25) is 0 Å². The molecule has 6 heteroatoms. The number of rotatable bonds is 4. The highest BCUT2D eigenvalue weighted by Gasteiger charge is 2.14. The van der Waals surface area contributed by atoms with Gasteiger partial charge in [0.25, 0.3) is 0 Å². The minimum Gasteiger partial charge on any atom is -0.478 e. The van der Waals surface area contributed by atoms with E-state index in [2.05, 4.69) is 13.2 Å². The van der Waals surface area contributed by atoms with Crippen LogP contribution in [0.2, 0.25) is 0 Å². The van der Waals surface area contributed by atoms with Gasteiger partial charge in [-0.3, -0.25) is 0 Å². The average Bonchev–Trinajstić information content (AvgIpc) is 2.38. The SMILES string of the molecule is C=CC=C.O=C(O)c1cc(C(=O)O)cc(C(=O)O)c1. The molecule has 0 saturated carbocycles. The van der Waals surface area contributed by atoms with Crippen molar-refractivity contribution in [3.63, 3.8) is 0 Å². The van der Waals surface area contributed by atoms with E-state index < -0.39 is 17.9 Å². The molecule has 3 N–H and O–H groups in total. The molecular weight excluding hydrogens is 252 g/mol. The van der Waals surface area contributed by atoms with Gasteiger partial charge in [-0.15, -0.1) is 0 Å². The van der Waals surface area contributed by atoms with Crippen LogP contribution in [0.15, 0.2) is 43.5 Å². The van der Waals surface area contributed by atoms with Crippen LogP contribution in [0.5, 0.6) is 0 Å². The third-order valence-electron chi connectivity index (χ3n) is 1.84. The molecule has 0 aliphatic heterocycles. The Labute approximate surface area is 108 Å². The van der Waals surface area contributed by atoms with Gasteiger partial charge in [-0.25, -0.2) is 14.4 Å². The topological polar surface area (TPSA) is 112 Å². The summed E-state index contributed by atoms with van der Waals surface area (Å²) in [6.45, 7) is 6.72. The molecule has 19 heavy (non-hydrogen) atoms. The normalized spacial score (nSPS) is 8.63. The van der Waals surface area contributed by atoms with Crippen LogP contribution >= 0.6 is 0 Å². The van der Waals surface area contributed by atoms with Gasteiger partial charge in [0, 0.05) is 0 Å². The highest BCUT2D eigenvalue weighted by Crippen LogP contribution is 2.11. The van der Waals surface area contributed by atoms with Crippen LogP contribution in [0.1, 0.15) is 31.1 Å². The number of allylic oxidation sites excluding steroid dienone is 2. The first-order valence-corrected chi connectivity index (χ1v) is 4.92. The third kappa shape index (κ3) is 5.31. The quantitative estimate of drug-likeness (QED) is 0.718. The fraction of sp³-hybridized carbons (Fsp3) is 0. The van der Waals surface area contributed by atoms with E-state index in [1.807, 2.05) is 0 Å². The number of hydrogen-bond acceptors (Lipinski definition) is 3. The van der Waals surface area contributed by atoms with Crippen LogP contribution < -0.4 is 0 Å². The molecule has 0 bridgehead atoms. The van der Waals surface area contributed by atoms with Crippen molar-refractivity contribution in [1.82, 2.24) is 0 Å². The molecule has 0 amide bonds. The van der Waals surface area contributed by atoms with Gasteiger partial charge in [-0.1, -0.05) is 25.3 Å². The van der Waals surface area contributed by atoms with E-state index in [0.717, 1.165) is 18.2 Å². The number of carbonyl (C=O) groups is 3. The maximum absolute atomic E-state index is 10.6. The predicted molar refractivity (Wildman–Crippen MR) is 67.7 cm³/mol. The summed E-state index contributed by atoms with van der Waals surface area (Å²) in [5, 5.41) is 25.8. The largest absolute Gasteiger partial charge is 0.478 e. The Balaban J connectivity index is 0.000000711. The van der Waals surface area contributed by atoms with E-state index in [0.29, 0.717) is 0 Å². The Morgan fingerprint density at radius 2 is 0.947 bits per heavy atom. The summed E-state index contributed by atoms with van der Waals surface area (Å²) in [5.41, 5.74) is -1.10.